The summed E-state index contributed by atoms with van der Waals surface area (Å²) in [6, 6.07) is 6.61. The summed E-state index contributed by atoms with van der Waals surface area (Å²) >= 11 is 0. The van der Waals surface area contributed by atoms with Crippen molar-refractivity contribution in [3.05, 3.63) is 65.3 Å². The number of carbonyl (C=O) groups is 1. The fourth-order valence-corrected chi connectivity index (χ4v) is 9.02. The Morgan fingerprint density at radius 1 is 1.06 bits per heavy atom. The van der Waals surface area contributed by atoms with Crippen molar-refractivity contribution in [1.82, 2.24) is 0 Å². The predicted octanol–water partition coefficient (Wildman–Crippen LogP) is 7.42. The number of hydrogen-bond acceptors (Lipinski definition) is 2. The van der Waals surface area contributed by atoms with Crippen molar-refractivity contribution < 1.29 is 9.53 Å². The molecule has 0 bridgehead atoms. The van der Waals surface area contributed by atoms with Crippen LogP contribution in [0.25, 0.3) is 0 Å². The normalized spacial score (nSPS) is 38.3. The molecule has 0 spiro atoms. The molecule has 2 nitrogen and oxygen atoms in total. The second-order valence-corrected chi connectivity index (χ2v) is 12.3. The van der Waals surface area contributed by atoms with Crippen LogP contribution in [0, 0.1) is 34.5 Å². The first-order valence-corrected chi connectivity index (χ1v) is 13.8. The highest BCUT2D eigenvalue weighted by Crippen LogP contribution is 2.66. The third-order valence-electron chi connectivity index (χ3n) is 10.8. The minimum atomic E-state index is 0.0861. The maximum atomic E-state index is 12.0. The zero-order valence-electron chi connectivity index (χ0n) is 21.1. The third-order valence-corrected chi connectivity index (χ3v) is 10.8. The van der Waals surface area contributed by atoms with Crippen molar-refractivity contribution in [2.75, 3.05) is 6.61 Å². The van der Waals surface area contributed by atoms with Crippen LogP contribution in [0.1, 0.15) is 76.3 Å². The molecule has 0 aliphatic heterocycles. The summed E-state index contributed by atoms with van der Waals surface area (Å²) in [5.74, 6) is 4.05. The van der Waals surface area contributed by atoms with Crippen molar-refractivity contribution in [3.8, 4) is 5.75 Å². The zero-order chi connectivity index (χ0) is 23.5. The smallest absolute Gasteiger partial charge is 0.178 e. The Morgan fingerprint density at radius 3 is 2.79 bits per heavy atom. The Hall–Kier alpha value is -2.09. The third kappa shape index (κ3) is 3.39. The quantitative estimate of drug-likeness (QED) is 0.441. The lowest BCUT2D eigenvalue weighted by Gasteiger charge is -2.57. The van der Waals surface area contributed by atoms with Crippen LogP contribution in [-0.2, 0) is 17.6 Å². The summed E-state index contributed by atoms with van der Waals surface area (Å²) in [4.78, 5) is 12.0. The molecule has 3 fully saturated rings. The SMILES string of the molecule is C=C(COc1cccc2c1CCCC2)C1CCC2C3CCC4=CC(=O)C=CC4(C)C3CCC12C. The van der Waals surface area contributed by atoms with E-state index in [0.29, 0.717) is 23.9 Å². The fourth-order valence-electron chi connectivity index (χ4n) is 9.02. The van der Waals surface area contributed by atoms with Gasteiger partial charge in [-0.3, -0.25) is 4.79 Å². The van der Waals surface area contributed by atoms with Gasteiger partial charge in [-0.1, -0.05) is 44.2 Å². The Kier molecular flexibility index (Phi) is 5.43. The number of benzene rings is 1. The molecule has 5 aliphatic carbocycles. The van der Waals surface area contributed by atoms with E-state index in [-0.39, 0.29) is 11.2 Å². The second-order valence-electron chi connectivity index (χ2n) is 12.3. The van der Waals surface area contributed by atoms with Crippen molar-refractivity contribution in [2.24, 2.45) is 34.5 Å². The van der Waals surface area contributed by atoms with Crippen LogP contribution in [0.4, 0.5) is 0 Å². The van der Waals surface area contributed by atoms with Gasteiger partial charge in [-0.2, -0.15) is 0 Å². The number of rotatable bonds is 4. The Labute approximate surface area is 205 Å². The fraction of sp³-hybridized carbons (Fsp3) is 0.594. The first-order chi connectivity index (χ1) is 16.4. The standard InChI is InChI=1S/C32H40O2/c1-21(20-34-30-10-6-8-22-7-4-5-9-25(22)30)27-13-14-28-26-12-11-23-19-24(33)15-17-31(23,2)29(26)16-18-32(27,28)3/h6,8,10,15,17,19,26-29H,1,4-5,7,9,11-14,16,18,20H2,2-3H3. The van der Waals surface area contributed by atoms with Crippen LogP contribution in [0.15, 0.2) is 54.2 Å². The largest absolute Gasteiger partial charge is 0.489 e. The van der Waals surface area contributed by atoms with Gasteiger partial charge in [-0.25, -0.2) is 0 Å². The molecule has 6 unspecified atom stereocenters. The van der Waals surface area contributed by atoms with E-state index in [9.17, 15) is 4.79 Å². The summed E-state index contributed by atoms with van der Waals surface area (Å²) < 4.78 is 6.46. The Bertz CT molecular complexity index is 1080. The topological polar surface area (TPSA) is 26.3 Å². The molecule has 34 heavy (non-hydrogen) atoms. The van der Waals surface area contributed by atoms with E-state index in [2.05, 4.69) is 44.7 Å². The summed E-state index contributed by atoms with van der Waals surface area (Å²) in [7, 11) is 0. The van der Waals surface area contributed by atoms with Crippen molar-refractivity contribution in [2.45, 2.75) is 78.1 Å². The highest BCUT2D eigenvalue weighted by Gasteiger charge is 2.58. The van der Waals surface area contributed by atoms with E-state index in [1.807, 2.05) is 12.2 Å². The first-order valence-electron chi connectivity index (χ1n) is 13.8. The number of carbonyl (C=O) groups excluding carboxylic acids is 1. The van der Waals surface area contributed by atoms with Gasteiger partial charge in [-0.05, 0) is 128 Å². The molecular formula is C32H40O2. The molecule has 180 valence electrons. The average Bonchev–Trinajstić information content (AvgIpc) is 3.20. The lowest BCUT2D eigenvalue weighted by atomic mass is 9.47. The molecule has 0 heterocycles. The summed E-state index contributed by atoms with van der Waals surface area (Å²) in [6.45, 7) is 10.2. The van der Waals surface area contributed by atoms with Gasteiger partial charge in [0.15, 0.2) is 5.78 Å². The summed E-state index contributed by atoms with van der Waals surface area (Å²) in [6.07, 6.45) is 18.4. The van der Waals surface area contributed by atoms with Gasteiger partial charge in [0.25, 0.3) is 0 Å². The molecule has 2 heteroatoms. The predicted molar refractivity (Wildman–Crippen MR) is 138 cm³/mol. The monoisotopic (exact) mass is 456 g/mol. The van der Waals surface area contributed by atoms with Crippen molar-refractivity contribution in [3.63, 3.8) is 0 Å². The van der Waals surface area contributed by atoms with Crippen molar-refractivity contribution in [1.29, 1.82) is 0 Å². The minimum absolute atomic E-state index is 0.0861. The lowest BCUT2D eigenvalue weighted by molar-refractivity contribution is -0.111. The summed E-state index contributed by atoms with van der Waals surface area (Å²) in [5.41, 5.74) is 6.05. The highest BCUT2D eigenvalue weighted by molar-refractivity contribution is 6.01. The number of hydrogen-bond donors (Lipinski definition) is 0. The average molecular weight is 457 g/mol. The Balaban J connectivity index is 1.18. The lowest BCUT2D eigenvalue weighted by Crippen LogP contribution is -2.49. The van der Waals surface area contributed by atoms with Crippen LogP contribution in [0.3, 0.4) is 0 Å². The van der Waals surface area contributed by atoms with Gasteiger partial charge in [0, 0.05) is 5.41 Å². The molecule has 1 aromatic rings. The number of fused-ring (bicyclic) bond motifs is 6. The Morgan fingerprint density at radius 2 is 1.91 bits per heavy atom. The van der Waals surface area contributed by atoms with E-state index in [0.717, 1.165) is 30.4 Å². The molecule has 0 amide bonds. The van der Waals surface area contributed by atoms with E-state index in [1.165, 1.54) is 73.6 Å². The summed E-state index contributed by atoms with van der Waals surface area (Å²) in [5, 5.41) is 0. The molecule has 5 aliphatic rings. The van der Waals surface area contributed by atoms with Gasteiger partial charge in [0.2, 0.25) is 0 Å². The molecule has 6 atom stereocenters. The van der Waals surface area contributed by atoms with E-state index in [4.69, 9.17) is 4.74 Å². The molecule has 6 rings (SSSR count). The first kappa shape index (κ1) is 22.4. The molecule has 3 saturated carbocycles. The van der Waals surface area contributed by atoms with Crippen molar-refractivity contribution >= 4 is 5.78 Å². The van der Waals surface area contributed by atoms with Crippen LogP contribution in [-0.4, -0.2) is 12.4 Å². The number of allylic oxidation sites excluding steroid dienone is 4. The van der Waals surface area contributed by atoms with E-state index >= 15 is 0 Å². The zero-order valence-corrected chi connectivity index (χ0v) is 21.1. The van der Waals surface area contributed by atoms with Gasteiger partial charge >= 0.3 is 0 Å². The highest BCUT2D eigenvalue weighted by atomic mass is 16.5. The van der Waals surface area contributed by atoms with Gasteiger partial charge < -0.3 is 4.74 Å². The van der Waals surface area contributed by atoms with E-state index in [1.54, 1.807) is 0 Å². The van der Waals surface area contributed by atoms with E-state index < -0.39 is 0 Å². The van der Waals surface area contributed by atoms with Crippen LogP contribution < -0.4 is 4.74 Å². The molecule has 0 N–H and O–H groups in total. The van der Waals surface area contributed by atoms with Gasteiger partial charge in [0.05, 0.1) is 0 Å². The number of ether oxygens (including phenoxy) is 1. The van der Waals surface area contributed by atoms with Crippen LogP contribution in [0.5, 0.6) is 5.75 Å². The van der Waals surface area contributed by atoms with Crippen LogP contribution in [0.2, 0.25) is 0 Å². The molecule has 0 radical (unpaired) electrons. The van der Waals surface area contributed by atoms with Gasteiger partial charge in [0.1, 0.15) is 12.4 Å². The molecule has 1 aromatic carbocycles. The maximum absolute atomic E-state index is 12.0. The molecular weight excluding hydrogens is 416 g/mol. The minimum Gasteiger partial charge on any atom is -0.489 e. The molecule has 0 aromatic heterocycles. The van der Waals surface area contributed by atoms with Crippen LogP contribution >= 0.6 is 0 Å². The second kappa shape index (κ2) is 8.25. The molecule has 0 saturated heterocycles. The number of ketones is 1. The van der Waals surface area contributed by atoms with Gasteiger partial charge in [-0.15, -0.1) is 0 Å². The number of aryl methyl sites for hydroxylation is 1. The maximum Gasteiger partial charge on any atom is 0.178 e.